The Balaban J connectivity index is 1.31. The minimum absolute atomic E-state index is 0.0186. The molecule has 0 spiro atoms. The molecule has 2 N–H and O–H groups in total. The molecule has 13 atom stereocenters. The largest absolute Gasteiger partial charge is 0.455 e. The van der Waals surface area contributed by atoms with Crippen LogP contribution in [0.15, 0.2) is 36.5 Å². The quantitative estimate of drug-likeness (QED) is 0.158. The summed E-state index contributed by atoms with van der Waals surface area (Å²) >= 11 is 0. The van der Waals surface area contributed by atoms with Gasteiger partial charge in [0.1, 0.15) is 18.0 Å². The highest BCUT2D eigenvalue weighted by molar-refractivity contribution is 6.08. The van der Waals surface area contributed by atoms with Crippen molar-refractivity contribution in [2.24, 2.45) is 17.8 Å². The first-order valence-electron chi connectivity index (χ1n) is 21.2. The van der Waals surface area contributed by atoms with Gasteiger partial charge in [0.2, 0.25) is 0 Å². The second-order valence-electron chi connectivity index (χ2n) is 17.9. The summed E-state index contributed by atoms with van der Waals surface area (Å²) in [7, 11) is 1.42. The summed E-state index contributed by atoms with van der Waals surface area (Å²) in [5.41, 5.74) is -5.05. The molecule has 1 aliphatic carbocycles. The molecule has 0 bridgehead atoms. The number of hydrogen-bond acceptors (Lipinski definition) is 11. The number of amides is 1. The lowest BCUT2D eigenvalue weighted by molar-refractivity contribution is -0.290. The van der Waals surface area contributed by atoms with E-state index >= 15 is 4.39 Å². The molecule has 13 nitrogen and oxygen atoms in total. The van der Waals surface area contributed by atoms with Gasteiger partial charge < -0.3 is 43.6 Å². The molecule has 58 heavy (non-hydrogen) atoms. The van der Waals surface area contributed by atoms with Gasteiger partial charge in [-0.3, -0.25) is 9.59 Å². The number of halogens is 1. The predicted molar refractivity (Wildman–Crippen MR) is 214 cm³/mol. The fourth-order valence-corrected chi connectivity index (χ4v) is 9.84. The Morgan fingerprint density at radius 2 is 1.67 bits per heavy atom. The van der Waals surface area contributed by atoms with Crippen molar-refractivity contribution in [2.45, 2.75) is 173 Å². The fraction of sp³-hybridized carbons (Fsp3) is 0.727. The zero-order valence-corrected chi connectivity index (χ0v) is 35.6. The number of hydrogen-bond donors (Lipinski definition) is 2. The van der Waals surface area contributed by atoms with E-state index in [0.717, 1.165) is 37.1 Å². The van der Waals surface area contributed by atoms with Crippen LogP contribution in [0.2, 0.25) is 0 Å². The number of aliphatic hydroxyl groups excluding tert-OH is 1. The Morgan fingerprint density at radius 1 is 0.983 bits per heavy atom. The molecule has 4 heterocycles. The summed E-state index contributed by atoms with van der Waals surface area (Å²) in [5, 5.41) is 16.1. The molecule has 4 fully saturated rings. The van der Waals surface area contributed by atoms with Gasteiger partial charge in [0.25, 0.3) is 5.67 Å². The van der Waals surface area contributed by atoms with Gasteiger partial charge in [0.05, 0.1) is 23.9 Å². The van der Waals surface area contributed by atoms with E-state index in [4.69, 9.17) is 23.7 Å². The third-order valence-electron chi connectivity index (χ3n) is 13.3. The summed E-state index contributed by atoms with van der Waals surface area (Å²) in [6, 6.07) is 9.20. The lowest BCUT2D eigenvalue weighted by Crippen LogP contribution is -2.62. The smallest absolute Gasteiger partial charge is 0.410 e. The number of ketones is 2. The van der Waals surface area contributed by atoms with Crippen molar-refractivity contribution in [2.75, 3.05) is 13.7 Å². The van der Waals surface area contributed by atoms with Crippen LogP contribution < -0.4 is 5.32 Å². The van der Waals surface area contributed by atoms with Crippen molar-refractivity contribution < 1.29 is 52.4 Å². The van der Waals surface area contributed by atoms with E-state index in [-0.39, 0.29) is 43.4 Å². The molecule has 1 unspecified atom stereocenters. The number of ether oxygens (including phenoxy) is 5. The van der Waals surface area contributed by atoms with E-state index < -0.39 is 83.1 Å². The summed E-state index contributed by atoms with van der Waals surface area (Å²) in [4.78, 5) is 58.3. The lowest BCUT2D eigenvalue weighted by Gasteiger charge is -2.46. The number of esters is 1. The highest BCUT2D eigenvalue weighted by Crippen LogP contribution is 2.44. The van der Waals surface area contributed by atoms with E-state index in [1.54, 1.807) is 39.5 Å². The molecule has 6 rings (SSSR count). The maximum absolute atomic E-state index is 16.9. The molecule has 3 aliphatic heterocycles. The van der Waals surface area contributed by atoms with Crippen molar-refractivity contribution in [1.82, 2.24) is 14.8 Å². The number of aromatic nitrogens is 1. The summed E-state index contributed by atoms with van der Waals surface area (Å²) in [5.74, 6) is -5.67. The first-order chi connectivity index (χ1) is 27.4. The van der Waals surface area contributed by atoms with Crippen LogP contribution in [-0.4, -0.2) is 118 Å². The maximum atomic E-state index is 16.9. The molecule has 322 valence electrons. The number of nitrogens with one attached hydrogen (secondary N) is 1. The lowest BCUT2D eigenvalue weighted by atomic mass is 9.73. The van der Waals surface area contributed by atoms with E-state index in [1.165, 1.54) is 14.0 Å². The first-order valence-corrected chi connectivity index (χ1v) is 21.2. The van der Waals surface area contributed by atoms with Crippen LogP contribution in [0.3, 0.4) is 0 Å². The van der Waals surface area contributed by atoms with Gasteiger partial charge in [0, 0.05) is 61.8 Å². The predicted octanol–water partition coefficient (Wildman–Crippen LogP) is 5.91. The van der Waals surface area contributed by atoms with Gasteiger partial charge in [-0.2, -0.15) is 0 Å². The second-order valence-corrected chi connectivity index (χ2v) is 17.9. The Morgan fingerprint density at radius 3 is 2.34 bits per heavy atom. The van der Waals surface area contributed by atoms with Crippen LogP contribution in [-0.2, 0) is 44.6 Å². The average Bonchev–Trinajstić information content (AvgIpc) is 3.85. The van der Waals surface area contributed by atoms with Gasteiger partial charge >= 0.3 is 12.1 Å². The van der Waals surface area contributed by atoms with Crippen molar-refractivity contribution in [1.29, 1.82) is 0 Å². The Bertz CT molecular complexity index is 1810. The molecule has 1 aromatic heterocycles. The van der Waals surface area contributed by atoms with Gasteiger partial charge in [-0.1, -0.05) is 45.9 Å². The molecule has 1 aromatic carbocycles. The van der Waals surface area contributed by atoms with Crippen LogP contribution >= 0.6 is 0 Å². The standard InChI is InChI=1S/C44H64FN3O10/c1-10-33-44(8)36(48(41(53)58-44)21-14-13-20-47-22-19-29-15-11-12-16-32(29)47)27(4)34(49)25(2)24-42(6,54-9)38(28(5)37(51)43(7,45)40(52)56-33)57-39-35(50)31(23-26(3)55-39)46-30-17-18-30/h11-12,15-16,19,22,25-28,30-31,33,35-36,38-39,46,50H,10,13-14,17-18,20-21,23-24H2,1-9H3/t25-,26-,27+,28+,31+,33-,35+,36?,38-,39+,42-,43+,44-/m1/s1. The highest BCUT2D eigenvalue weighted by atomic mass is 19.1. The van der Waals surface area contributed by atoms with Gasteiger partial charge in [-0.25, -0.2) is 14.0 Å². The zero-order valence-electron chi connectivity index (χ0n) is 35.6. The number of fused-ring (bicyclic) bond motifs is 2. The summed E-state index contributed by atoms with van der Waals surface area (Å²) in [6.07, 6.45) is 0.163. The number of cyclic esters (lactones) is 1. The van der Waals surface area contributed by atoms with Crippen molar-refractivity contribution in [3.05, 3.63) is 36.5 Å². The van der Waals surface area contributed by atoms with E-state index in [1.807, 2.05) is 25.3 Å². The number of aryl methyl sites for hydroxylation is 1. The van der Waals surface area contributed by atoms with Crippen molar-refractivity contribution in [3.63, 3.8) is 0 Å². The molecule has 4 aliphatic rings. The molecule has 1 saturated carbocycles. The number of rotatable bonds is 11. The molecule has 0 radical (unpaired) electrons. The summed E-state index contributed by atoms with van der Waals surface area (Å²) < 4.78 is 49.8. The number of para-hydroxylation sites is 1. The fourth-order valence-electron chi connectivity index (χ4n) is 9.84. The number of aliphatic hydroxyl groups is 1. The number of benzene rings is 1. The summed E-state index contributed by atoms with van der Waals surface area (Å²) in [6.45, 7) is 13.6. The molecule has 14 heteroatoms. The minimum atomic E-state index is -3.16. The van der Waals surface area contributed by atoms with Crippen LogP contribution in [0.1, 0.15) is 100 Å². The van der Waals surface area contributed by atoms with Crippen molar-refractivity contribution >= 4 is 34.5 Å². The number of nitrogens with zero attached hydrogens (tertiary/aromatic N) is 2. The monoisotopic (exact) mass is 813 g/mol. The zero-order chi connectivity index (χ0) is 42.3. The number of alkyl halides is 1. The molecule has 2 aromatic rings. The normalized spacial score (nSPS) is 39.3. The van der Waals surface area contributed by atoms with Crippen LogP contribution in [0.4, 0.5) is 9.18 Å². The third kappa shape index (κ3) is 8.59. The van der Waals surface area contributed by atoms with Crippen LogP contribution in [0.25, 0.3) is 10.9 Å². The van der Waals surface area contributed by atoms with Gasteiger partial charge in [-0.15, -0.1) is 0 Å². The number of unbranched alkanes of at least 4 members (excludes halogenated alkanes) is 1. The van der Waals surface area contributed by atoms with E-state index in [9.17, 15) is 24.3 Å². The maximum Gasteiger partial charge on any atom is 0.410 e. The number of carbonyl (C=O) groups excluding carboxylic acids is 4. The SMILES string of the molecule is CC[C@H]1OC(=O)[C@@](C)(F)C(=O)[C@H](C)[C@@H](O[C@@H]2O[C@H](C)C[C@H](NC3CC3)[C@@H]2O)[C@](C)(OC)C[C@@H](C)C(=O)[C@H](C)C2N(CCCCn3ccc4ccccc43)C(=O)O[C@@]21C. The Labute approximate surface area is 341 Å². The average molecular weight is 814 g/mol. The number of Topliss-reactive ketones (excluding diaryl/α,β-unsaturated/α-hetero) is 2. The van der Waals surface area contributed by atoms with Crippen LogP contribution in [0.5, 0.6) is 0 Å². The third-order valence-corrected chi connectivity index (χ3v) is 13.3. The number of methoxy groups -OCH3 is 1. The molecule has 3 saturated heterocycles. The first kappa shape index (κ1) is 44.1. The van der Waals surface area contributed by atoms with Gasteiger partial charge in [0.15, 0.2) is 17.7 Å². The van der Waals surface area contributed by atoms with Crippen LogP contribution in [0, 0.1) is 17.8 Å². The van der Waals surface area contributed by atoms with E-state index in [2.05, 4.69) is 28.1 Å². The Hall–Kier alpha value is -3.43. The highest BCUT2D eigenvalue weighted by Gasteiger charge is 2.61. The number of carbonyl (C=O) groups is 4. The van der Waals surface area contributed by atoms with Gasteiger partial charge in [-0.05, 0) is 90.2 Å². The van der Waals surface area contributed by atoms with E-state index in [0.29, 0.717) is 19.4 Å². The minimum Gasteiger partial charge on any atom is -0.455 e. The molecular formula is C44H64FN3O10. The molecule has 1 amide bonds. The molecular weight excluding hydrogens is 749 g/mol. The Kier molecular flexibility index (Phi) is 13.1. The topological polar surface area (TPSA) is 155 Å². The second kappa shape index (κ2) is 17.3. The van der Waals surface area contributed by atoms with Crippen molar-refractivity contribution in [3.8, 4) is 0 Å².